The SMILES string of the molecule is COc1cc2c(cc1OCCCC(=O)NC1CCC(C(=O)Nc3ccc4cc(C(=O)N5CCSCC5)oc4c3)CC1)N=C[C@@H]1CC(C)CN1C2=O. The van der Waals surface area contributed by atoms with Gasteiger partial charge in [-0.2, -0.15) is 11.8 Å². The van der Waals surface area contributed by atoms with Gasteiger partial charge < -0.3 is 34.3 Å². The van der Waals surface area contributed by atoms with E-state index < -0.39 is 0 Å². The van der Waals surface area contributed by atoms with Gasteiger partial charge in [-0.15, -0.1) is 0 Å². The Morgan fingerprint density at radius 1 is 1.04 bits per heavy atom. The van der Waals surface area contributed by atoms with Crippen molar-refractivity contribution in [2.45, 2.75) is 64.0 Å². The number of hydrogen-bond donors (Lipinski definition) is 2. The van der Waals surface area contributed by atoms with Crippen molar-refractivity contribution in [2.24, 2.45) is 16.8 Å². The van der Waals surface area contributed by atoms with Crippen LogP contribution in [-0.4, -0.2) is 96.6 Å². The number of nitrogens with zero attached hydrogens (tertiary/aromatic N) is 3. The van der Waals surface area contributed by atoms with Crippen molar-refractivity contribution in [3.8, 4) is 11.5 Å². The first kappa shape index (κ1) is 34.9. The summed E-state index contributed by atoms with van der Waals surface area (Å²) in [5, 5.41) is 6.96. The topological polar surface area (TPSA) is 143 Å². The Hall–Kier alpha value is -4.52. The minimum Gasteiger partial charge on any atom is -0.493 e. The van der Waals surface area contributed by atoms with Crippen LogP contribution in [0.3, 0.4) is 0 Å². The van der Waals surface area contributed by atoms with Crippen LogP contribution in [0.25, 0.3) is 11.0 Å². The van der Waals surface area contributed by atoms with Crippen LogP contribution in [-0.2, 0) is 9.59 Å². The lowest BCUT2D eigenvalue weighted by Crippen LogP contribution is -2.39. The first-order valence-electron chi connectivity index (χ1n) is 18.0. The minimum atomic E-state index is -0.149. The van der Waals surface area contributed by atoms with E-state index in [0.29, 0.717) is 84.5 Å². The molecule has 7 rings (SSSR count). The van der Waals surface area contributed by atoms with E-state index in [4.69, 9.17) is 13.9 Å². The molecule has 13 heteroatoms. The third-order valence-electron chi connectivity index (χ3n) is 10.3. The van der Waals surface area contributed by atoms with E-state index in [0.717, 1.165) is 49.2 Å². The second-order valence-corrected chi connectivity index (χ2v) is 15.2. The lowest BCUT2D eigenvalue weighted by molar-refractivity contribution is -0.122. The number of benzene rings is 2. The van der Waals surface area contributed by atoms with Gasteiger partial charge in [0.1, 0.15) is 5.58 Å². The molecule has 12 nitrogen and oxygen atoms in total. The number of thioether (sulfide) groups is 1. The molecular weight excluding hydrogens is 671 g/mol. The number of fused-ring (bicyclic) bond motifs is 3. The molecule has 4 heterocycles. The highest BCUT2D eigenvalue weighted by Crippen LogP contribution is 2.39. The molecule has 3 fully saturated rings. The van der Waals surface area contributed by atoms with Gasteiger partial charge in [0.15, 0.2) is 17.3 Å². The summed E-state index contributed by atoms with van der Waals surface area (Å²) in [5.74, 6) is 3.18. The maximum atomic E-state index is 13.2. The fraction of sp³-hybridized carbons (Fsp3) is 0.500. The average Bonchev–Trinajstić information content (AvgIpc) is 3.72. The molecule has 0 spiro atoms. The molecule has 0 radical (unpaired) electrons. The summed E-state index contributed by atoms with van der Waals surface area (Å²) >= 11 is 1.85. The number of rotatable bonds is 10. The lowest BCUT2D eigenvalue weighted by Gasteiger charge is -2.28. The van der Waals surface area contributed by atoms with Gasteiger partial charge in [-0.3, -0.25) is 24.2 Å². The molecule has 1 saturated carbocycles. The van der Waals surface area contributed by atoms with E-state index in [2.05, 4.69) is 22.5 Å². The zero-order chi connectivity index (χ0) is 35.5. The maximum absolute atomic E-state index is 13.2. The number of carbonyl (C=O) groups is 4. The van der Waals surface area contributed by atoms with Crippen LogP contribution >= 0.6 is 11.8 Å². The highest BCUT2D eigenvalue weighted by atomic mass is 32.2. The van der Waals surface area contributed by atoms with Crippen molar-refractivity contribution < 1.29 is 33.1 Å². The Morgan fingerprint density at radius 2 is 1.84 bits per heavy atom. The van der Waals surface area contributed by atoms with Crippen molar-refractivity contribution in [2.75, 3.05) is 50.2 Å². The summed E-state index contributed by atoms with van der Waals surface area (Å²) in [7, 11) is 1.54. The van der Waals surface area contributed by atoms with E-state index in [-0.39, 0.29) is 41.6 Å². The molecule has 0 bridgehead atoms. The van der Waals surface area contributed by atoms with Crippen LogP contribution < -0.4 is 20.1 Å². The Morgan fingerprint density at radius 3 is 2.63 bits per heavy atom. The van der Waals surface area contributed by atoms with Crippen molar-refractivity contribution in [3.63, 3.8) is 0 Å². The molecule has 2 atom stereocenters. The standard InChI is InChI=1S/C38H45N5O7S/c1-23-16-28-21-39-30-20-33(32(48-2)19-29(30)37(46)43(28)22-23)49-13-3-4-35(44)40-26-8-5-24(6-9-26)36(45)41-27-10-7-25-17-34(50-31(25)18-27)38(47)42-11-14-51-15-12-42/h7,10,17-21,23-24,26,28H,3-6,8-9,11-16,22H2,1-2H3,(H,40,44)(H,41,45)/t23?,24?,26?,28-/m0/s1. The minimum absolute atomic E-state index is 0.00155. The second-order valence-electron chi connectivity index (χ2n) is 14.0. The van der Waals surface area contributed by atoms with Crippen molar-refractivity contribution in [3.05, 3.63) is 47.7 Å². The summed E-state index contributed by atoms with van der Waals surface area (Å²) in [6.45, 7) is 4.59. The first-order chi connectivity index (χ1) is 24.7. The maximum Gasteiger partial charge on any atom is 0.289 e. The number of aliphatic imine (C=N–C) groups is 1. The summed E-state index contributed by atoms with van der Waals surface area (Å²) in [4.78, 5) is 60.3. The number of hydrogen-bond acceptors (Lipinski definition) is 9. The Balaban J connectivity index is 0.841. The van der Waals surface area contributed by atoms with Crippen molar-refractivity contribution in [1.29, 1.82) is 0 Å². The number of anilines is 1. The van der Waals surface area contributed by atoms with Crippen molar-refractivity contribution in [1.82, 2.24) is 15.1 Å². The highest BCUT2D eigenvalue weighted by Gasteiger charge is 2.36. The first-order valence-corrected chi connectivity index (χ1v) is 19.1. The van der Waals surface area contributed by atoms with Crippen LogP contribution in [0.4, 0.5) is 11.4 Å². The van der Waals surface area contributed by atoms with Crippen LogP contribution in [0.1, 0.15) is 72.8 Å². The highest BCUT2D eigenvalue weighted by molar-refractivity contribution is 7.99. The molecule has 1 aliphatic carbocycles. The fourth-order valence-corrected chi connectivity index (χ4v) is 8.38. The molecule has 2 saturated heterocycles. The molecule has 1 aromatic heterocycles. The van der Waals surface area contributed by atoms with Gasteiger partial charge in [0.2, 0.25) is 11.8 Å². The number of nitrogens with one attached hydrogen (secondary N) is 2. The van der Waals surface area contributed by atoms with Gasteiger partial charge in [-0.25, -0.2) is 0 Å². The predicted octanol–water partition coefficient (Wildman–Crippen LogP) is 5.67. The number of ether oxygens (including phenoxy) is 2. The van der Waals surface area contributed by atoms with Crippen LogP contribution in [0.5, 0.6) is 11.5 Å². The average molecular weight is 716 g/mol. The van der Waals surface area contributed by atoms with Crippen LogP contribution in [0.15, 0.2) is 45.8 Å². The zero-order valence-electron chi connectivity index (χ0n) is 29.2. The summed E-state index contributed by atoms with van der Waals surface area (Å²) in [5.41, 5.74) is 2.27. The molecule has 3 aliphatic heterocycles. The Kier molecular flexibility index (Phi) is 10.5. The van der Waals surface area contributed by atoms with E-state index >= 15 is 0 Å². The number of carbonyl (C=O) groups excluding carboxylic acids is 4. The van der Waals surface area contributed by atoms with Crippen LogP contribution in [0, 0.1) is 11.8 Å². The van der Waals surface area contributed by atoms with E-state index in [1.165, 1.54) is 0 Å². The molecular formula is C38H45N5O7S. The molecule has 270 valence electrons. The van der Waals surface area contributed by atoms with Crippen molar-refractivity contribution >= 4 is 63.9 Å². The molecule has 4 aliphatic rings. The molecule has 1 unspecified atom stereocenters. The molecule has 3 aromatic rings. The van der Waals surface area contributed by atoms with Gasteiger partial charge >= 0.3 is 0 Å². The fourth-order valence-electron chi connectivity index (χ4n) is 7.48. The smallest absolute Gasteiger partial charge is 0.289 e. The summed E-state index contributed by atoms with van der Waals surface area (Å²) in [6, 6.07) is 10.7. The van der Waals surface area contributed by atoms with E-state index in [1.54, 1.807) is 31.4 Å². The summed E-state index contributed by atoms with van der Waals surface area (Å²) < 4.78 is 17.4. The normalized spacial score (nSPS) is 23.0. The number of methoxy groups -OCH3 is 1. The van der Waals surface area contributed by atoms with E-state index in [9.17, 15) is 19.2 Å². The Labute approximate surface area is 301 Å². The molecule has 51 heavy (non-hydrogen) atoms. The van der Waals surface area contributed by atoms with Crippen LogP contribution in [0.2, 0.25) is 0 Å². The van der Waals surface area contributed by atoms with Gasteiger partial charge in [0, 0.05) is 78.9 Å². The molecule has 2 N–H and O–H groups in total. The summed E-state index contributed by atoms with van der Waals surface area (Å²) in [6.07, 6.45) is 6.36. The second kappa shape index (κ2) is 15.4. The predicted molar refractivity (Wildman–Crippen MR) is 196 cm³/mol. The molecule has 4 amide bonds. The third kappa shape index (κ3) is 7.88. The largest absolute Gasteiger partial charge is 0.493 e. The van der Waals surface area contributed by atoms with Gasteiger partial charge in [0.25, 0.3) is 11.8 Å². The molecule has 2 aromatic carbocycles. The van der Waals surface area contributed by atoms with Gasteiger partial charge in [0.05, 0.1) is 31.0 Å². The van der Waals surface area contributed by atoms with Gasteiger partial charge in [-0.1, -0.05) is 6.92 Å². The number of furan rings is 1. The zero-order valence-corrected chi connectivity index (χ0v) is 30.0. The lowest BCUT2D eigenvalue weighted by atomic mass is 9.85. The quantitative estimate of drug-likeness (QED) is 0.256. The Bertz CT molecular complexity index is 1830. The third-order valence-corrected chi connectivity index (χ3v) is 11.2. The number of amides is 4. The van der Waals surface area contributed by atoms with E-state index in [1.807, 2.05) is 39.9 Å². The van der Waals surface area contributed by atoms with Gasteiger partial charge in [-0.05, 0) is 68.7 Å². The monoisotopic (exact) mass is 715 g/mol.